The zero-order chi connectivity index (χ0) is 15.4. The first-order chi connectivity index (χ1) is 10.1. The zero-order valence-electron chi connectivity index (χ0n) is 12.2. The largest absolute Gasteiger partial charge is 0.493 e. The summed E-state index contributed by atoms with van der Waals surface area (Å²) in [5, 5.41) is 0. The van der Waals surface area contributed by atoms with Crippen LogP contribution in [-0.4, -0.2) is 31.8 Å². The number of nitrogen functional groups attached to an aromatic ring is 1. The first kappa shape index (κ1) is 14.8. The third-order valence-electron chi connectivity index (χ3n) is 3.09. The number of carbonyl (C=O) groups excluding carboxylic acids is 1. The van der Waals surface area contributed by atoms with E-state index >= 15 is 0 Å². The van der Waals surface area contributed by atoms with Crippen molar-refractivity contribution in [2.45, 2.75) is 6.92 Å². The molecule has 0 saturated carbocycles. The topological polar surface area (TPSA) is 86.6 Å². The molecule has 112 valence electrons. The van der Waals surface area contributed by atoms with Crippen LogP contribution in [0.5, 0.6) is 11.5 Å². The molecule has 0 fully saturated rings. The van der Waals surface area contributed by atoms with Crippen LogP contribution in [0.4, 0.5) is 5.69 Å². The van der Waals surface area contributed by atoms with Crippen molar-refractivity contribution >= 4 is 11.7 Å². The molecule has 0 bridgehead atoms. The summed E-state index contributed by atoms with van der Waals surface area (Å²) in [5.74, 6) is 0.746. The van der Waals surface area contributed by atoms with Crippen molar-refractivity contribution in [1.29, 1.82) is 0 Å². The number of ether oxygens (including phenoxy) is 3. The fourth-order valence-corrected chi connectivity index (χ4v) is 2.05. The molecule has 3 N–H and O–H groups in total. The van der Waals surface area contributed by atoms with Gasteiger partial charge in [-0.2, -0.15) is 0 Å². The lowest BCUT2D eigenvalue weighted by Gasteiger charge is -2.09. The Morgan fingerprint density at radius 1 is 1.24 bits per heavy atom. The number of H-pyrrole nitrogens is 1. The Labute approximate surface area is 122 Å². The highest BCUT2D eigenvalue weighted by Gasteiger charge is 2.18. The lowest BCUT2D eigenvalue weighted by molar-refractivity contribution is 0.0521. The van der Waals surface area contributed by atoms with Crippen LogP contribution in [0.1, 0.15) is 17.4 Å². The number of nitrogens with two attached hydrogens (primary N) is 1. The van der Waals surface area contributed by atoms with E-state index in [-0.39, 0.29) is 5.69 Å². The van der Waals surface area contributed by atoms with Crippen molar-refractivity contribution in [3.63, 3.8) is 0 Å². The van der Waals surface area contributed by atoms with Gasteiger partial charge in [0.15, 0.2) is 11.5 Å². The van der Waals surface area contributed by atoms with Crippen molar-refractivity contribution in [1.82, 2.24) is 4.98 Å². The van der Waals surface area contributed by atoms with Crippen LogP contribution in [0.2, 0.25) is 0 Å². The van der Waals surface area contributed by atoms with Crippen molar-refractivity contribution in [2.75, 3.05) is 26.6 Å². The number of anilines is 1. The molecule has 0 unspecified atom stereocenters. The minimum Gasteiger partial charge on any atom is -0.493 e. The summed E-state index contributed by atoms with van der Waals surface area (Å²) >= 11 is 0. The Balaban J connectivity index is 2.41. The highest BCUT2D eigenvalue weighted by atomic mass is 16.5. The molecule has 0 radical (unpaired) electrons. The molecule has 2 rings (SSSR count). The summed E-state index contributed by atoms with van der Waals surface area (Å²) in [7, 11) is 3.13. The van der Waals surface area contributed by atoms with E-state index in [0.717, 1.165) is 5.56 Å². The summed E-state index contributed by atoms with van der Waals surface area (Å²) in [6, 6.07) is 5.42. The minimum atomic E-state index is -0.471. The van der Waals surface area contributed by atoms with Gasteiger partial charge in [-0.25, -0.2) is 4.79 Å². The average Bonchev–Trinajstić information content (AvgIpc) is 2.88. The van der Waals surface area contributed by atoms with E-state index in [2.05, 4.69) is 4.98 Å². The van der Waals surface area contributed by atoms with E-state index in [4.69, 9.17) is 19.9 Å². The number of rotatable bonds is 5. The number of hydrogen-bond acceptors (Lipinski definition) is 5. The second-order valence-electron chi connectivity index (χ2n) is 4.28. The normalized spacial score (nSPS) is 10.2. The Kier molecular flexibility index (Phi) is 4.37. The van der Waals surface area contributed by atoms with E-state index in [1.807, 2.05) is 6.07 Å². The number of benzene rings is 1. The Morgan fingerprint density at radius 3 is 2.57 bits per heavy atom. The summed E-state index contributed by atoms with van der Waals surface area (Å²) in [4.78, 5) is 14.6. The van der Waals surface area contributed by atoms with Gasteiger partial charge in [-0.3, -0.25) is 0 Å². The van der Waals surface area contributed by atoms with Gasteiger partial charge in [-0.1, -0.05) is 6.07 Å². The summed E-state index contributed by atoms with van der Waals surface area (Å²) in [6.07, 6.45) is 1.67. The predicted molar refractivity (Wildman–Crippen MR) is 79.7 cm³/mol. The summed E-state index contributed by atoms with van der Waals surface area (Å²) in [5.41, 5.74) is 8.15. The van der Waals surface area contributed by atoms with Crippen molar-refractivity contribution in [2.24, 2.45) is 0 Å². The number of esters is 1. The molecule has 0 amide bonds. The highest BCUT2D eigenvalue weighted by molar-refractivity contribution is 5.98. The molecular formula is C15H18N2O4. The maximum absolute atomic E-state index is 11.8. The van der Waals surface area contributed by atoms with Crippen LogP contribution in [-0.2, 0) is 4.74 Å². The standard InChI is InChI=1S/C15H18N2O4/c1-4-21-15(18)14-13(16)10(8-17-14)9-5-6-11(19-2)12(7-9)20-3/h5-8,17H,4,16H2,1-3H3. The second kappa shape index (κ2) is 6.21. The van der Waals surface area contributed by atoms with Crippen LogP contribution in [0.15, 0.2) is 24.4 Å². The average molecular weight is 290 g/mol. The highest BCUT2D eigenvalue weighted by Crippen LogP contribution is 2.35. The Hall–Kier alpha value is -2.63. The van der Waals surface area contributed by atoms with Gasteiger partial charge in [0.1, 0.15) is 5.69 Å². The van der Waals surface area contributed by atoms with Crippen LogP contribution in [0.25, 0.3) is 11.1 Å². The van der Waals surface area contributed by atoms with Crippen molar-refractivity contribution < 1.29 is 19.0 Å². The molecule has 0 aliphatic rings. The van der Waals surface area contributed by atoms with E-state index in [9.17, 15) is 4.79 Å². The van der Waals surface area contributed by atoms with E-state index < -0.39 is 5.97 Å². The molecule has 1 aromatic carbocycles. The third kappa shape index (κ3) is 2.79. The van der Waals surface area contributed by atoms with Gasteiger partial charge >= 0.3 is 5.97 Å². The fraction of sp³-hybridized carbons (Fsp3) is 0.267. The number of nitrogens with one attached hydrogen (secondary N) is 1. The zero-order valence-corrected chi connectivity index (χ0v) is 12.2. The molecule has 0 saturated heterocycles. The lowest BCUT2D eigenvalue weighted by Crippen LogP contribution is -2.07. The molecular weight excluding hydrogens is 272 g/mol. The van der Waals surface area contributed by atoms with Gasteiger partial charge in [0, 0.05) is 11.8 Å². The maximum Gasteiger partial charge on any atom is 0.356 e. The van der Waals surface area contributed by atoms with Crippen LogP contribution in [0, 0.1) is 0 Å². The molecule has 0 aliphatic heterocycles. The second-order valence-corrected chi connectivity index (χ2v) is 4.28. The van der Waals surface area contributed by atoms with E-state index in [1.165, 1.54) is 0 Å². The van der Waals surface area contributed by atoms with Crippen molar-refractivity contribution in [3.05, 3.63) is 30.1 Å². The predicted octanol–water partition coefficient (Wildman–Crippen LogP) is 2.46. The van der Waals surface area contributed by atoms with E-state index in [1.54, 1.807) is 39.5 Å². The molecule has 1 heterocycles. The summed E-state index contributed by atoms with van der Waals surface area (Å²) < 4.78 is 15.4. The van der Waals surface area contributed by atoms with Gasteiger partial charge in [-0.15, -0.1) is 0 Å². The number of aromatic nitrogens is 1. The number of aromatic amines is 1. The molecule has 0 aliphatic carbocycles. The number of hydrogen-bond donors (Lipinski definition) is 2. The Morgan fingerprint density at radius 2 is 1.95 bits per heavy atom. The minimum absolute atomic E-state index is 0.252. The lowest BCUT2D eigenvalue weighted by atomic mass is 10.1. The smallest absolute Gasteiger partial charge is 0.356 e. The van der Waals surface area contributed by atoms with Gasteiger partial charge in [0.05, 0.1) is 26.5 Å². The molecule has 6 nitrogen and oxygen atoms in total. The summed E-state index contributed by atoms with van der Waals surface area (Å²) in [6.45, 7) is 2.04. The van der Waals surface area contributed by atoms with Gasteiger partial charge in [0.25, 0.3) is 0 Å². The number of methoxy groups -OCH3 is 2. The Bertz CT molecular complexity index is 649. The SMILES string of the molecule is CCOC(=O)c1[nH]cc(-c2ccc(OC)c(OC)c2)c1N. The monoisotopic (exact) mass is 290 g/mol. The van der Waals surface area contributed by atoms with Gasteiger partial charge in [-0.05, 0) is 24.6 Å². The molecule has 0 spiro atoms. The van der Waals surface area contributed by atoms with Crippen LogP contribution < -0.4 is 15.2 Å². The first-order valence-corrected chi connectivity index (χ1v) is 6.48. The third-order valence-corrected chi connectivity index (χ3v) is 3.09. The molecule has 2 aromatic rings. The van der Waals surface area contributed by atoms with Crippen molar-refractivity contribution in [3.8, 4) is 22.6 Å². The first-order valence-electron chi connectivity index (χ1n) is 6.48. The molecule has 0 atom stereocenters. The van der Waals surface area contributed by atoms with Gasteiger partial charge in [0.2, 0.25) is 0 Å². The molecule has 6 heteroatoms. The number of carbonyl (C=O) groups is 1. The quantitative estimate of drug-likeness (QED) is 0.826. The fourth-order valence-electron chi connectivity index (χ4n) is 2.05. The van der Waals surface area contributed by atoms with Crippen LogP contribution >= 0.6 is 0 Å². The van der Waals surface area contributed by atoms with Gasteiger partial charge < -0.3 is 24.9 Å². The van der Waals surface area contributed by atoms with E-state index in [0.29, 0.717) is 29.4 Å². The molecule has 1 aromatic heterocycles. The van der Waals surface area contributed by atoms with Crippen LogP contribution in [0.3, 0.4) is 0 Å². The maximum atomic E-state index is 11.8. The molecule has 21 heavy (non-hydrogen) atoms.